The maximum Gasteiger partial charge on any atom is 0.430 e. The maximum atomic E-state index is 14.0. The van der Waals surface area contributed by atoms with Gasteiger partial charge in [-0.25, -0.2) is 4.98 Å². The highest BCUT2D eigenvalue weighted by atomic mass is 35.5. The van der Waals surface area contributed by atoms with Crippen molar-refractivity contribution >= 4 is 29.2 Å². The monoisotopic (exact) mass is 582 g/mol. The van der Waals surface area contributed by atoms with E-state index in [0.717, 1.165) is 68.9 Å². The Labute approximate surface area is 236 Å². The number of methoxy groups -OCH3 is 1. The number of benzene rings is 1. The van der Waals surface area contributed by atoms with Crippen LogP contribution in [0.3, 0.4) is 0 Å². The van der Waals surface area contributed by atoms with Gasteiger partial charge < -0.3 is 24.5 Å². The van der Waals surface area contributed by atoms with Crippen LogP contribution in [0, 0.1) is 5.92 Å². The van der Waals surface area contributed by atoms with Gasteiger partial charge in [0.15, 0.2) is 0 Å². The number of piperidine rings is 1. The SMILES string of the molecule is COc1cccc([C@@](O)(C(=O)N(C)CCCC2CCN(c3ccc(C(=O)N4CCC4)c(Cl)n3)CC2)C(F)(F)F)c1. The normalized spacial score (nSPS) is 17.7. The van der Waals surface area contributed by atoms with E-state index in [0.29, 0.717) is 23.7 Å². The van der Waals surface area contributed by atoms with Gasteiger partial charge in [0.1, 0.15) is 16.7 Å². The molecule has 12 heteroatoms. The second kappa shape index (κ2) is 12.2. The minimum atomic E-state index is -5.21. The summed E-state index contributed by atoms with van der Waals surface area (Å²) in [4.78, 5) is 34.6. The molecule has 40 heavy (non-hydrogen) atoms. The standard InChI is InChI=1S/C28H34ClF3N4O4/c1-34(26(38)27(39,28(30,31)32)20-7-3-8-21(18-20)40-2)13-4-6-19-11-16-35(17-12-19)23-10-9-22(24(29)33-23)25(37)36-14-5-15-36/h3,7-10,18-19,39H,4-6,11-17H2,1-2H3/t27-/m1/s1. The maximum absolute atomic E-state index is 14.0. The van der Waals surface area contributed by atoms with Gasteiger partial charge in [-0.05, 0) is 62.3 Å². The number of carbonyl (C=O) groups is 2. The molecule has 2 aliphatic rings. The van der Waals surface area contributed by atoms with Crippen LogP contribution >= 0.6 is 11.6 Å². The molecule has 4 rings (SSSR count). The number of pyridine rings is 1. The Morgan fingerprint density at radius 2 is 1.85 bits per heavy atom. The molecular weight excluding hydrogens is 549 g/mol. The van der Waals surface area contributed by atoms with Crippen molar-refractivity contribution < 1.29 is 32.6 Å². The molecule has 2 aliphatic heterocycles. The molecule has 1 atom stereocenters. The molecule has 1 N–H and O–H groups in total. The molecule has 0 saturated carbocycles. The van der Waals surface area contributed by atoms with E-state index in [-0.39, 0.29) is 23.4 Å². The number of aliphatic hydroxyl groups is 1. The highest BCUT2D eigenvalue weighted by Gasteiger charge is 2.61. The van der Waals surface area contributed by atoms with Crippen LogP contribution < -0.4 is 9.64 Å². The zero-order valence-corrected chi connectivity index (χ0v) is 23.3. The first-order chi connectivity index (χ1) is 19.0. The summed E-state index contributed by atoms with van der Waals surface area (Å²) in [6.07, 6.45) is -1.29. The summed E-state index contributed by atoms with van der Waals surface area (Å²) >= 11 is 6.32. The summed E-state index contributed by atoms with van der Waals surface area (Å²) in [5.74, 6) is -0.382. The van der Waals surface area contributed by atoms with Gasteiger partial charge in [-0.1, -0.05) is 23.7 Å². The van der Waals surface area contributed by atoms with Crippen LogP contribution in [0.1, 0.15) is 48.0 Å². The van der Waals surface area contributed by atoms with Crippen molar-refractivity contribution in [1.82, 2.24) is 14.8 Å². The minimum absolute atomic E-state index is 0.0745. The molecule has 2 aromatic rings. The largest absolute Gasteiger partial charge is 0.497 e. The van der Waals surface area contributed by atoms with Crippen LogP contribution in [0.5, 0.6) is 5.75 Å². The summed E-state index contributed by atoms with van der Waals surface area (Å²) < 4.78 is 46.9. The molecular formula is C28H34ClF3N4O4. The van der Waals surface area contributed by atoms with E-state index in [1.54, 1.807) is 11.0 Å². The Kier molecular flexibility index (Phi) is 9.14. The van der Waals surface area contributed by atoms with Crippen molar-refractivity contribution in [3.05, 3.63) is 52.7 Å². The smallest absolute Gasteiger partial charge is 0.430 e. The third kappa shape index (κ3) is 6.15. The lowest BCUT2D eigenvalue weighted by Crippen LogP contribution is -2.55. The summed E-state index contributed by atoms with van der Waals surface area (Å²) in [7, 11) is 2.57. The molecule has 2 amide bonds. The summed E-state index contributed by atoms with van der Waals surface area (Å²) in [6.45, 7) is 3.00. The highest BCUT2D eigenvalue weighted by Crippen LogP contribution is 2.41. The van der Waals surface area contributed by atoms with Crippen LogP contribution in [-0.2, 0) is 10.4 Å². The number of rotatable bonds is 9. The van der Waals surface area contributed by atoms with E-state index in [1.807, 2.05) is 6.07 Å². The van der Waals surface area contributed by atoms with Crippen LogP contribution in [0.25, 0.3) is 0 Å². The van der Waals surface area contributed by atoms with Gasteiger partial charge in [0, 0.05) is 45.3 Å². The fourth-order valence-electron chi connectivity index (χ4n) is 5.15. The second-order valence-electron chi connectivity index (χ2n) is 10.4. The molecule has 8 nitrogen and oxygen atoms in total. The van der Waals surface area contributed by atoms with Gasteiger partial charge in [0.05, 0.1) is 12.7 Å². The number of halogens is 4. The van der Waals surface area contributed by atoms with Crippen molar-refractivity contribution in [2.45, 2.75) is 43.9 Å². The Morgan fingerprint density at radius 3 is 2.42 bits per heavy atom. The lowest BCUT2D eigenvalue weighted by molar-refractivity contribution is -0.261. The molecule has 0 unspecified atom stereocenters. The number of anilines is 1. The first-order valence-electron chi connectivity index (χ1n) is 13.4. The number of nitrogens with zero attached hydrogens (tertiary/aromatic N) is 4. The quantitative estimate of drug-likeness (QED) is 0.439. The van der Waals surface area contributed by atoms with E-state index >= 15 is 0 Å². The highest BCUT2D eigenvalue weighted by molar-refractivity contribution is 6.32. The number of amides is 2. The Hall–Kier alpha value is -3.05. The van der Waals surface area contributed by atoms with Gasteiger partial charge in [-0.2, -0.15) is 13.2 Å². The van der Waals surface area contributed by atoms with Crippen LogP contribution in [0.15, 0.2) is 36.4 Å². The molecule has 218 valence electrons. The fourth-order valence-corrected chi connectivity index (χ4v) is 5.38. The average molecular weight is 583 g/mol. The molecule has 2 fully saturated rings. The van der Waals surface area contributed by atoms with Crippen molar-refractivity contribution in [3.63, 3.8) is 0 Å². The van der Waals surface area contributed by atoms with Crippen molar-refractivity contribution in [2.75, 3.05) is 51.8 Å². The van der Waals surface area contributed by atoms with Crippen molar-refractivity contribution in [1.29, 1.82) is 0 Å². The Morgan fingerprint density at radius 1 is 1.15 bits per heavy atom. The minimum Gasteiger partial charge on any atom is -0.497 e. The summed E-state index contributed by atoms with van der Waals surface area (Å²) in [5, 5.41) is 10.9. The van der Waals surface area contributed by atoms with Gasteiger partial charge in [-0.3, -0.25) is 9.59 Å². The lowest BCUT2D eigenvalue weighted by Gasteiger charge is -2.35. The molecule has 1 aromatic heterocycles. The first-order valence-corrected chi connectivity index (χ1v) is 13.7. The third-order valence-electron chi connectivity index (χ3n) is 7.81. The van der Waals surface area contributed by atoms with E-state index in [1.165, 1.54) is 26.3 Å². The molecule has 0 radical (unpaired) electrons. The van der Waals surface area contributed by atoms with Crippen molar-refractivity contribution in [3.8, 4) is 5.75 Å². The number of hydrogen-bond donors (Lipinski definition) is 1. The fraction of sp³-hybridized carbons (Fsp3) is 0.536. The second-order valence-corrected chi connectivity index (χ2v) is 10.8. The Bertz CT molecular complexity index is 1220. The number of carbonyl (C=O) groups excluding carboxylic acids is 2. The summed E-state index contributed by atoms with van der Waals surface area (Å²) in [6, 6.07) is 8.36. The zero-order chi connectivity index (χ0) is 29.1. The molecule has 2 saturated heterocycles. The molecule has 0 bridgehead atoms. The number of likely N-dealkylation sites (tertiary alicyclic amines) is 1. The number of hydrogen-bond acceptors (Lipinski definition) is 6. The number of ether oxygens (including phenoxy) is 1. The van der Waals surface area contributed by atoms with Crippen LogP contribution in [0.4, 0.5) is 19.0 Å². The molecule has 3 heterocycles. The van der Waals surface area contributed by atoms with Gasteiger partial charge in [0.2, 0.25) is 0 Å². The van der Waals surface area contributed by atoms with E-state index in [2.05, 4.69) is 9.88 Å². The molecule has 0 aliphatic carbocycles. The molecule has 1 aromatic carbocycles. The number of alkyl halides is 3. The third-order valence-corrected chi connectivity index (χ3v) is 8.09. The topological polar surface area (TPSA) is 86.2 Å². The number of likely N-dealkylation sites (N-methyl/N-ethyl adjacent to an activating group) is 1. The van der Waals surface area contributed by atoms with Crippen LogP contribution in [-0.4, -0.2) is 84.8 Å². The van der Waals surface area contributed by atoms with Gasteiger partial charge in [0.25, 0.3) is 17.4 Å². The summed E-state index contributed by atoms with van der Waals surface area (Å²) in [5.41, 5.74) is -3.86. The van der Waals surface area contributed by atoms with E-state index in [9.17, 15) is 27.9 Å². The van der Waals surface area contributed by atoms with Crippen LogP contribution in [0.2, 0.25) is 5.15 Å². The number of aromatic nitrogens is 1. The average Bonchev–Trinajstić information content (AvgIpc) is 2.90. The van der Waals surface area contributed by atoms with Crippen molar-refractivity contribution in [2.24, 2.45) is 5.92 Å². The molecule has 0 spiro atoms. The first kappa shape index (κ1) is 29.9. The predicted octanol–water partition coefficient (Wildman–Crippen LogP) is 4.49. The van der Waals surface area contributed by atoms with E-state index in [4.69, 9.17) is 16.3 Å². The van der Waals surface area contributed by atoms with Gasteiger partial charge >= 0.3 is 6.18 Å². The zero-order valence-electron chi connectivity index (χ0n) is 22.6. The lowest BCUT2D eigenvalue weighted by atomic mass is 9.90. The van der Waals surface area contributed by atoms with E-state index < -0.39 is 23.2 Å². The van der Waals surface area contributed by atoms with Gasteiger partial charge in [-0.15, -0.1) is 0 Å². The Balaban J connectivity index is 1.29. The predicted molar refractivity (Wildman–Crippen MR) is 145 cm³/mol.